The number of nitrogens with zero attached hydrogens (tertiary/aromatic N) is 2. The maximum absolute atomic E-state index is 5.51. The predicted molar refractivity (Wildman–Crippen MR) is 130 cm³/mol. The quantitative estimate of drug-likeness (QED) is 0.433. The van der Waals surface area contributed by atoms with E-state index < -0.39 is 0 Å². The van der Waals surface area contributed by atoms with E-state index >= 15 is 0 Å². The molecule has 0 radical (unpaired) electrons. The SMILES string of the molecule is CC(C)=CCCC(C)=CCCC(C)=CCN1CCN(Cc2ccc3c(c2)OCO3)CC1. The fraction of sp³-hybridized carbons (Fsp3) is 0.556. The summed E-state index contributed by atoms with van der Waals surface area (Å²) in [6, 6.07) is 6.31. The number of hydrogen-bond donors (Lipinski definition) is 0. The number of allylic oxidation sites excluding steroid dienone is 5. The molecule has 0 bridgehead atoms. The van der Waals surface area contributed by atoms with Gasteiger partial charge in [-0.25, -0.2) is 0 Å². The van der Waals surface area contributed by atoms with Crippen LogP contribution in [0.15, 0.2) is 53.1 Å². The van der Waals surface area contributed by atoms with E-state index in [0.717, 1.165) is 57.2 Å². The van der Waals surface area contributed by atoms with Crippen LogP contribution in [0.1, 0.15) is 58.9 Å². The summed E-state index contributed by atoms with van der Waals surface area (Å²) >= 11 is 0. The first-order chi connectivity index (χ1) is 15.0. The number of hydrogen-bond acceptors (Lipinski definition) is 4. The molecule has 2 aliphatic rings. The van der Waals surface area contributed by atoms with Crippen LogP contribution in [-0.2, 0) is 6.54 Å². The predicted octanol–water partition coefficient (Wildman–Crippen LogP) is 5.95. The average molecular weight is 425 g/mol. The van der Waals surface area contributed by atoms with E-state index in [1.54, 1.807) is 0 Å². The second-order valence-corrected chi connectivity index (χ2v) is 9.22. The molecule has 0 amide bonds. The molecule has 0 spiro atoms. The van der Waals surface area contributed by atoms with E-state index in [4.69, 9.17) is 9.47 Å². The van der Waals surface area contributed by atoms with Crippen LogP contribution in [0.3, 0.4) is 0 Å². The highest BCUT2D eigenvalue weighted by Gasteiger charge is 2.18. The molecule has 0 atom stereocenters. The third-order valence-electron chi connectivity index (χ3n) is 6.13. The minimum absolute atomic E-state index is 0.344. The lowest BCUT2D eigenvalue weighted by molar-refractivity contribution is 0.136. The van der Waals surface area contributed by atoms with Crippen molar-refractivity contribution in [2.24, 2.45) is 0 Å². The first kappa shape index (κ1) is 23.6. The van der Waals surface area contributed by atoms with Gasteiger partial charge in [-0.2, -0.15) is 0 Å². The van der Waals surface area contributed by atoms with Crippen LogP contribution < -0.4 is 9.47 Å². The van der Waals surface area contributed by atoms with Crippen molar-refractivity contribution in [1.29, 1.82) is 0 Å². The molecule has 0 N–H and O–H groups in total. The van der Waals surface area contributed by atoms with Gasteiger partial charge >= 0.3 is 0 Å². The van der Waals surface area contributed by atoms with Crippen molar-refractivity contribution in [3.8, 4) is 11.5 Å². The lowest BCUT2D eigenvalue weighted by Crippen LogP contribution is -2.45. The van der Waals surface area contributed by atoms with E-state index in [-0.39, 0.29) is 0 Å². The van der Waals surface area contributed by atoms with E-state index in [2.05, 4.69) is 67.9 Å². The lowest BCUT2D eigenvalue weighted by Gasteiger charge is -2.34. The molecule has 0 unspecified atom stereocenters. The fourth-order valence-corrected chi connectivity index (χ4v) is 4.05. The Kier molecular flexibility index (Phi) is 9.23. The Labute approximate surface area is 189 Å². The molecule has 170 valence electrons. The summed E-state index contributed by atoms with van der Waals surface area (Å²) in [6.07, 6.45) is 11.9. The van der Waals surface area contributed by atoms with Gasteiger partial charge in [-0.1, -0.05) is 41.0 Å². The lowest BCUT2D eigenvalue weighted by atomic mass is 10.1. The Morgan fingerprint density at radius 3 is 2.19 bits per heavy atom. The van der Waals surface area contributed by atoms with Gasteiger partial charge in [0, 0.05) is 39.3 Å². The normalized spacial score (nSPS) is 17.8. The van der Waals surface area contributed by atoms with Crippen LogP contribution in [0.5, 0.6) is 11.5 Å². The minimum atomic E-state index is 0.344. The van der Waals surface area contributed by atoms with Crippen LogP contribution in [0.25, 0.3) is 0 Å². The molecule has 2 aliphatic heterocycles. The molecule has 4 nitrogen and oxygen atoms in total. The summed E-state index contributed by atoms with van der Waals surface area (Å²) < 4.78 is 10.9. The van der Waals surface area contributed by atoms with Gasteiger partial charge in [0.05, 0.1) is 0 Å². The Balaban J connectivity index is 1.33. The monoisotopic (exact) mass is 424 g/mol. The Morgan fingerprint density at radius 2 is 1.45 bits per heavy atom. The van der Waals surface area contributed by atoms with Crippen LogP contribution in [0.2, 0.25) is 0 Å². The topological polar surface area (TPSA) is 24.9 Å². The molecule has 1 aromatic carbocycles. The zero-order chi connectivity index (χ0) is 22.1. The van der Waals surface area contributed by atoms with Crippen molar-refractivity contribution in [2.75, 3.05) is 39.5 Å². The maximum Gasteiger partial charge on any atom is 0.231 e. The number of fused-ring (bicyclic) bond motifs is 1. The van der Waals surface area contributed by atoms with Gasteiger partial charge in [-0.05, 0) is 71.1 Å². The van der Waals surface area contributed by atoms with Gasteiger partial charge < -0.3 is 9.47 Å². The molecular weight excluding hydrogens is 384 g/mol. The molecule has 31 heavy (non-hydrogen) atoms. The van der Waals surface area contributed by atoms with Gasteiger partial charge in [0.15, 0.2) is 11.5 Å². The van der Waals surface area contributed by atoms with Crippen molar-refractivity contribution in [3.63, 3.8) is 0 Å². The Morgan fingerprint density at radius 1 is 0.806 bits per heavy atom. The summed E-state index contributed by atoms with van der Waals surface area (Å²) in [7, 11) is 0. The molecule has 1 fully saturated rings. The number of ether oxygens (including phenoxy) is 2. The van der Waals surface area contributed by atoms with Crippen molar-refractivity contribution < 1.29 is 9.47 Å². The Bertz CT molecular complexity index is 797. The van der Waals surface area contributed by atoms with Gasteiger partial charge in [-0.3, -0.25) is 9.80 Å². The third kappa shape index (κ3) is 8.19. The number of piperazine rings is 1. The molecule has 0 saturated carbocycles. The fourth-order valence-electron chi connectivity index (χ4n) is 4.05. The largest absolute Gasteiger partial charge is 0.454 e. The highest BCUT2D eigenvalue weighted by Crippen LogP contribution is 2.32. The first-order valence-electron chi connectivity index (χ1n) is 11.8. The summed E-state index contributed by atoms with van der Waals surface area (Å²) in [6.45, 7) is 15.8. The minimum Gasteiger partial charge on any atom is -0.454 e. The zero-order valence-corrected chi connectivity index (χ0v) is 20.0. The summed E-state index contributed by atoms with van der Waals surface area (Å²) in [5, 5.41) is 0. The van der Waals surface area contributed by atoms with Crippen LogP contribution in [-0.4, -0.2) is 49.3 Å². The van der Waals surface area contributed by atoms with Crippen LogP contribution >= 0.6 is 0 Å². The highest BCUT2D eigenvalue weighted by molar-refractivity contribution is 5.44. The molecule has 0 aliphatic carbocycles. The van der Waals surface area contributed by atoms with Crippen LogP contribution in [0, 0.1) is 0 Å². The third-order valence-corrected chi connectivity index (χ3v) is 6.13. The highest BCUT2D eigenvalue weighted by atomic mass is 16.7. The number of benzene rings is 1. The molecule has 2 heterocycles. The van der Waals surface area contributed by atoms with E-state index in [0.29, 0.717) is 6.79 Å². The van der Waals surface area contributed by atoms with Gasteiger partial charge in [0.25, 0.3) is 0 Å². The molecule has 3 rings (SSSR count). The molecular formula is C27H40N2O2. The average Bonchev–Trinajstić information content (AvgIpc) is 3.21. The summed E-state index contributed by atoms with van der Waals surface area (Å²) in [5.41, 5.74) is 5.75. The molecule has 1 saturated heterocycles. The summed E-state index contributed by atoms with van der Waals surface area (Å²) in [4.78, 5) is 5.10. The second-order valence-electron chi connectivity index (χ2n) is 9.22. The smallest absolute Gasteiger partial charge is 0.231 e. The van der Waals surface area contributed by atoms with E-state index in [1.807, 2.05) is 6.07 Å². The van der Waals surface area contributed by atoms with E-state index in [9.17, 15) is 0 Å². The van der Waals surface area contributed by atoms with Crippen molar-refractivity contribution >= 4 is 0 Å². The van der Waals surface area contributed by atoms with Crippen molar-refractivity contribution in [1.82, 2.24) is 9.80 Å². The van der Waals surface area contributed by atoms with Gasteiger partial charge in [0.1, 0.15) is 0 Å². The number of rotatable bonds is 10. The standard InChI is InChI=1S/C27H40N2O2/c1-22(2)7-5-8-23(3)9-6-10-24(4)13-14-28-15-17-29(18-16-28)20-25-11-12-26-27(19-25)31-21-30-26/h7,9,11-13,19H,5-6,8,10,14-18,20-21H2,1-4H3. The van der Waals surface area contributed by atoms with E-state index in [1.165, 1.54) is 41.5 Å². The molecule has 4 heteroatoms. The first-order valence-corrected chi connectivity index (χ1v) is 11.8. The zero-order valence-electron chi connectivity index (χ0n) is 20.0. The van der Waals surface area contributed by atoms with Gasteiger partial charge in [0.2, 0.25) is 6.79 Å². The molecule has 0 aromatic heterocycles. The van der Waals surface area contributed by atoms with Crippen LogP contribution in [0.4, 0.5) is 0 Å². The summed E-state index contributed by atoms with van der Waals surface area (Å²) in [5.74, 6) is 1.75. The Hall–Kier alpha value is -2.04. The maximum atomic E-state index is 5.51. The molecule has 1 aromatic rings. The second kappa shape index (κ2) is 12.1. The van der Waals surface area contributed by atoms with Crippen molar-refractivity contribution in [3.05, 3.63) is 58.7 Å². The van der Waals surface area contributed by atoms with Crippen molar-refractivity contribution in [2.45, 2.75) is 59.9 Å². The van der Waals surface area contributed by atoms with Gasteiger partial charge in [-0.15, -0.1) is 0 Å².